The highest BCUT2D eigenvalue weighted by Crippen LogP contribution is 2.58. The zero-order chi connectivity index (χ0) is 25.3. The predicted molar refractivity (Wildman–Crippen MR) is 132 cm³/mol. The van der Waals surface area contributed by atoms with Gasteiger partial charge in [-0.25, -0.2) is 8.78 Å². The molecule has 1 aliphatic carbocycles. The van der Waals surface area contributed by atoms with E-state index in [4.69, 9.17) is 0 Å². The van der Waals surface area contributed by atoms with E-state index in [-0.39, 0.29) is 23.1 Å². The number of allylic oxidation sites excluding steroid dienone is 2. The Hall–Kier alpha value is -2.41. The first kappa shape index (κ1) is 26.2. The van der Waals surface area contributed by atoms with Gasteiger partial charge in [-0.2, -0.15) is 10.2 Å². The van der Waals surface area contributed by atoms with Gasteiger partial charge < -0.3 is 10.2 Å². The summed E-state index contributed by atoms with van der Waals surface area (Å²) in [5.74, 6) is -0.758. The van der Waals surface area contributed by atoms with Crippen molar-refractivity contribution >= 4 is 11.6 Å². The number of azo groups is 1. The minimum Gasteiger partial charge on any atom is -0.354 e. The van der Waals surface area contributed by atoms with Crippen molar-refractivity contribution in [1.82, 2.24) is 10.2 Å². The number of likely N-dealkylation sites (tertiary alicyclic amines) is 1. The Kier molecular flexibility index (Phi) is 7.75. The fourth-order valence-corrected chi connectivity index (χ4v) is 5.84. The second-order valence-corrected chi connectivity index (χ2v) is 10.8. The van der Waals surface area contributed by atoms with Crippen LogP contribution >= 0.6 is 0 Å². The largest absolute Gasteiger partial charge is 0.354 e. The average molecular weight is 473 g/mol. The van der Waals surface area contributed by atoms with Gasteiger partial charge in [0.2, 0.25) is 5.91 Å². The number of carbonyl (C=O) groups excluding carboxylic acids is 1. The Morgan fingerprint density at radius 3 is 2.50 bits per heavy atom. The van der Waals surface area contributed by atoms with Gasteiger partial charge in [0.1, 0.15) is 11.6 Å². The van der Waals surface area contributed by atoms with Gasteiger partial charge in [0.25, 0.3) is 0 Å². The highest BCUT2D eigenvalue weighted by molar-refractivity contribution is 5.84. The average Bonchev–Trinajstić information content (AvgIpc) is 3.20. The molecule has 1 aromatic carbocycles. The molecule has 1 saturated heterocycles. The van der Waals surface area contributed by atoms with Crippen molar-refractivity contribution in [2.24, 2.45) is 32.9 Å². The van der Waals surface area contributed by atoms with Crippen LogP contribution in [0.1, 0.15) is 52.5 Å². The second-order valence-electron chi connectivity index (χ2n) is 10.8. The fraction of sp³-hybridized carbons (Fsp3) is 0.593. The van der Waals surface area contributed by atoms with E-state index in [0.29, 0.717) is 30.5 Å². The lowest BCUT2D eigenvalue weighted by Gasteiger charge is -2.41. The minimum absolute atomic E-state index is 0.0469. The van der Waals surface area contributed by atoms with Crippen LogP contribution in [0.5, 0.6) is 0 Å². The number of halogens is 2. The minimum atomic E-state index is -0.701. The van der Waals surface area contributed by atoms with Gasteiger partial charge in [-0.1, -0.05) is 40.3 Å². The lowest BCUT2D eigenvalue weighted by atomic mass is 9.63. The molecule has 0 bridgehead atoms. The van der Waals surface area contributed by atoms with Gasteiger partial charge in [-0.3, -0.25) is 4.79 Å². The first-order valence-electron chi connectivity index (χ1n) is 12.1. The highest BCUT2D eigenvalue weighted by atomic mass is 19.1. The van der Waals surface area contributed by atoms with Gasteiger partial charge in [-0.15, -0.1) is 0 Å². The Balaban J connectivity index is 1.80. The molecule has 2 aliphatic rings. The summed E-state index contributed by atoms with van der Waals surface area (Å²) < 4.78 is 28.9. The van der Waals surface area contributed by atoms with Crippen LogP contribution in [0.3, 0.4) is 0 Å². The molecule has 0 aromatic heterocycles. The summed E-state index contributed by atoms with van der Waals surface area (Å²) >= 11 is 0. The SMILES string of the molecule is C=C(/C=C(\N=NC)c1c(F)cccc1F)C1CCC(C)(C(=O)NC[C@@H]2C[C@@H](C)CN2C)C1(C)C. The molecule has 2 unspecified atom stereocenters. The number of carbonyl (C=O) groups is 1. The van der Waals surface area contributed by atoms with Crippen molar-refractivity contribution in [3.63, 3.8) is 0 Å². The van der Waals surface area contributed by atoms with Gasteiger partial charge in [0.05, 0.1) is 16.7 Å². The van der Waals surface area contributed by atoms with E-state index in [1.807, 2.05) is 6.92 Å². The van der Waals surface area contributed by atoms with Gasteiger partial charge in [0, 0.05) is 26.2 Å². The summed E-state index contributed by atoms with van der Waals surface area (Å²) in [7, 11) is 3.57. The molecule has 186 valence electrons. The lowest BCUT2D eigenvalue weighted by Crippen LogP contribution is -2.49. The van der Waals surface area contributed by atoms with Crippen LogP contribution < -0.4 is 5.32 Å². The molecule has 0 radical (unpaired) electrons. The van der Waals surface area contributed by atoms with E-state index in [2.05, 4.69) is 54.8 Å². The van der Waals surface area contributed by atoms with Gasteiger partial charge >= 0.3 is 0 Å². The number of hydrogen-bond acceptors (Lipinski definition) is 4. The van der Waals surface area contributed by atoms with Crippen molar-refractivity contribution in [1.29, 1.82) is 0 Å². The summed E-state index contributed by atoms with van der Waals surface area (Å²) in [6.07, 6.45) is 4.16. The van der Waals surface area contributed by atoms with Crippen molar-refractivity contribution in [3.8, 4) is 0 Å². The summed E-state index contributed by atoms with van der Waals surface area (Å²) in [4.78, 5) is 15.7. The van der Waals surface area contributed by atoms with Gasteiger partial charge in [-0.05, 0) is 67.3 Å². The number of likely N-dealkylation sites (N-methyl/N-ethyl adjacent to an activating group) is 1. The Morgan fingerprint density at radius 2 is 1.94 bits per heavy atom. The number of benzene rings is 1. The number of rotatable bonds is 7. The first-order chi connectivity index (χ1) is 15.9. The predicted octanol–water partition coefficient (Wildman–Crippen LogP) is 5.84. The molecular formula is C27H38F2N4O. The van der Waals surface area contributed by atoms with Crippen LogP contribution in [0.25, 0.3) is 5.70 Å². The van der Waals surface area contributed by atoms with E-state index in [1.165, 1.54) is 25.2 Å². The standard InChI is InChI=1S/C27H38F2N4O/c1-17-13-19(33(7)16-17)15-31-25(34)27(5)12-11-20(26(27,3)4)18(2)14-23(32-30-6)24-21(28)9-8-10-22(24)29/h8-10,14,17,19-20H,2,11-13,15-16H2,1,3-7H3,(H,31,34)/b23-14-,32-30?/t17-,19+,20?,27?/m1/s1. The number of nitrogens with zero attached hydrogens (tertiary/aromatic N) is 3. The molecule has 1 saturated carbocycles. The molecule has 1 heterocycles. The van der Waals surface area contributed by atoms with Crippen LogP contribution in [-0.2, 0) is 4.79 Å². The molecule has 1 N–H and O–H groups in total. The molecule has 7 heteroatoms. The maximum absolute atomic E-state index is 14.4. The Morgan fingerprint density at radius 1 is 1.29 bits per heavy atom. The third-order valence-electron chi connectivity index (χ3n) is 8.32. The smallest absolute Gasteiger partial charge is 0.226 e. The normalized spacial score (nSPS) is 29.6. The van der Waals surface area contributed by atoms with Crippen LogP contribution in [-0.4, -0.2) is 44.0 Å². The van der Waals surface area contributed by atoms with E-state index in [0.717, 1.165) is 19.4 Å². The molecule has 5 nitrogen and oxygen atoms in total. The highest BCUT2D eigenvalue weighted by Gasteiger charge is 2.56. The summed E-state index contributed by atoms with van der Waals surface area (Å²) in [6.45, 7) is 14.3. The monoisotopic (exact) mass is 472 g/mol. The number of nitrogens with one attached hydrogen (secondary N) is 1. The molecule has 0 spiro atoms. The Labute approximate surface area is 202 Å². The zero-order valence-corrected chi connectivity index (χ0v) is 21.3. The van der Waals surface area contributed by atoms with Crippen molar-refractivity contribution in [3.05, 3.63) is 53.6 Å². The molecule has 34 heavy (non-hydrogen) atoms. The van der Waals surface area contributed by atoms with E-state index >= 15 is 0 Å². The molecule has 4 atom stereocenters. The molecule has 1 amide bonds. The van der Waals surface area contributed by atoms with Crippen molar-refractivity contribution in [2.75, 3.05) is 27.2 Å². The van der Waals surface area contributed by atoms with Crippen LogP contribution in [0.4, 0.5) is 8.78 Å². The lowest BCUT2D eigenvalue weighted by molar-refractivity contribution is -0.135. The topological polar surface area (TPSA) is 57.1 Å². The zero-order valence-electron chi connectivity index (χ0n) is 21.3. The Bertz CT molecular complexity index is 982. The molecule has 1 aliphatic heterocycles. The molecule has 3 rings (SSSR count). The second kappa shape index (κ2) is 10.1. The van der Waals surface area contributed by atoms with Crippen LogP contribution in [0.2, 0.25) is 0 Å². The first-order valence-corrected chi connectivity index (χ1v) is 12.1. The fourth-order valence-electron chi connectivity index (χ4n) is 5.84. The number of hydrogen-bond donors (Lipinski definition) is 1. The van der Waals surface area contributed by atoms with Crippen molar-refractivity contribution < 1.29 is 13.6 Å². The molecule has 2 fully saturated rings. The molecular weight excluding hydrogens is 434 g/mol. The van der Waals surface area contributed by atoms with Crippen LogP contribution in [0.15, 0.2) is 46.7 Å². The third-order valence-corrected chi connectivity index (χ3v) is 8.32. The summed E-state index contributed by atoms with van der Waals surface area (Å²) in [5, 5.41) is 11.0. The summed E-state index contributed by atoms with van der Waals surface area (Å²) in [6, 6.07) is 4.07. The van der Waals surface area contributed by atoms with E-state index in [9.17, 15) is 13.6 Å². The molecule has 1 aromatic rings. The van der Waals surface area contributed by atoms with E-state index in [1.54, 1.807) is 6.08 Å². The quantitative estimate of drug-likeness (QED) is 0.400. The summed E-state index contributed by atoms with van der Waals surface area (Å²) in [5.41, 5.74) is -0.443. The van der Waals surface area contributed by atoms with Crippen molar-refractivity contribution in [2.45, 2.75) is 53.0 Å². The third kappa shape index (κ3) is 4.85. The van der Waals surface area contributed by atoms with E-state index < -0.39 is 22.5 Å². The van der Waals surface area contributed by atoms with Crippen LogP contribution in [0, 0.1) is 34.3 Å². The maximum atomic E-state index is 14.4. The van der Waals surface area contributed by atoms with Gasteiger partial charge in [0.15, 0.2) is 0 Å². The maximum Gasteiger partial charge on any atom is 0.226 e. The number of amides is 1.